The molecule has 1 amide bonds. The van der Waals surface area contributed by atoms with Crippen LogP contribution < -0.4 is 10.5 Å². The highest BCUT2D eigenvalue weighted by Gasteiger charge is 2.26. The summed E-state index contributed by atoms with van der Waals surface area (Å²) >= 11 is 12.3. The molecule has 0 unspecified atom stereocenters. The van der Waals surface area contributed by atoms with Crippen molar-refractivity contribution in [1.29, 1.82) is 0 Å². The molecule has 11 heteroatoms. The molecule has 1 heterocycles. The van der Waals surface area contributed by atoms with Gasteiger partial charge in [-0.05, 0) is 84.5 Å². The van der Waals surface area contributed by atoms with Crippen LogP contribution in [0.4, 0.5) is 5.69 Å². The number of esters is 1. The average molecular weight is 596 g/mol. The number of aromatic nitrogens is 1. The normalized spacial score (nSPS) is 14.1. The Morgan fingerprint density at radius 1 is 1.00 bits per heavy atom. The van der Waals surface area contributed by atoms with Gasteiger partial charge in [-0.1, -0.05) is 47.5 Å². The Balaban J connectivity index is 1.41. The largest absolute Gasteiger partial charge is 0.452 e. The van der Waals surface area contributed by atoms with Gasteiger partial charge in [0.1, 0.15) is 0 Å². The molecular weight excluding hydrogens is 573 g/mol. The standard InChI is InChI=1S/C29H23Cl2N3O5S/c30-23-13-8-17(15-24(23)31)14-18-4-3-6-22-27(21-5-1-2-7-25(21)34-28(18)22)29(36)39-16-26(35)33-19-9-11-20(12-10-19)40(32,37)38/h1-2,5,7-15H,3-4,6,16H2,(H,33,35)(H2,32,37,38). The van der Waals surface area contributed by atoms with E-state index in [0.29, 0.717) is 44.3 Å². The van der Waals surface area contributed by atoms with Crippen molar-refractivity contribution in [3.05, 3.63) is 99.2 Å². The van der Waals surface area contributed by atoms with Gasteiger partial charge in [-0.25, -0.2) is 23.3 Å². The molecule has 4 aromatic rings. The second kappa shape index (κ2) is 11.4. The monoisotopic (exact) mass is 595 g/mol. The molecule has 1 aliphatic carbocycles. The number of hydrogen-bond acceptors (Lipinski definition) is 6. The van der Waals surface area contributed by atoms with Crippen molar-refractivity contribution < 1.29 is 22.7 Å². The number of nitrogens with two attached hydrogens (primary N) is 1. The molecule has 0 atom stereocenters. The lowest BCUT2D eigenvalue weighted by molar-refractivity contribution is -0.119. The Kier molecular flexibility index (Phi) is 7.91. The van der Waals surface area contributed by atoms with E-state index in [4.69, 9.17) is 38.1 Å². The maximum absolute atomic E-state index is 13.4. The molecule has 1 aliphatic rings. The molecular formula is C29H23Cl2N3O5S. The van der Waals surface area contributed by atoms with Crippen LogP contribution in [0, 0.1) is 0 Å². The molecule has 204 valence electrons. The molecule has 0 spiro atoms. The number of ether oxygens (including phenoxy) is 1. The third-order valence-corrected chi connectivity index (χ3v) is 8.13. The summed E-state index contributed by atoms with van der Waals surface area (Å²) in [6.07, 6.45) is 4.18. The predicted octanol–water partition coefficient (Wildman–Crippen LogP) is 5.86. The molecule has 0 saturated carbocycles. The van der Waals surface area contributed by atoms with Crippen LogP contribution in [0.2, 0.25) is 10.0 Å². The second-order valence-corrected chi connectivity index (χ2v) is 11.6. The van der Waals surface area contributed by atoms with Gasteiger partial charge in [-0.3, -0.25) is 4.79 Å². The number of fused-ring (bicyclic) bond motifs is 2. The predicted molar refractivity (Wildman–Crippen MR) is 156 cm³/mol. The molecule has 0 aliphatic heterocycles. The summed E-state index contributed by atoms with van der Waals surface area (Å²) in [5.74, 6) is -1.21. The zero-order chi connectivity index (χ0) is 28.4. The number of anilines is 1. The first-order valence-corrected chi connectivity index (χ1v) is 14.6. The van der Waals surface area contributed by atoms with Gasteiger partial charge in [-0.15, -0.1) is 0 Å². The number of para-hydroxylation sites is 1. The van der Waals surface area contributed by atoms with Crippen LogP contribution in [0.5, 0.6) is 0 Å². The van der Waals surface area contributed by atoms with Gasteiger partial charge in [0.2, 0.25) is 10.0 Å². The molecule has 0 fully saturated rings. The van der Waals surface area contributed by atoms with Crippen LogP contribution in [0.3, 0.4) is 0 Å². The third-order valence-electron chi connectivity index (χ3n) is 6.46. The smallest absolute Gasteiger partial charge is 0.339 e. The molecule has 1 aromatic heterocycles. The van der Waals surface area contributed by atoms with Crippen molar-refractivity contribution >= 4 is 73.3 Å². The van der Waals surface area contributed by atoms with Crippen molar-refractivity contribution in [2.24, 2.45) is 5.14 Å². The van der Waals surface area contributed by atoms with Crippen LogP contribution >= 0.6 is 23.2 Å². The SMILES string of the molecule is NS(=O)(=O)c1ccc(NC(=O)COC(=O)c2c3c(nc4ccccc24)C(=Cc2ccc(Cl)c(Cl)c2)CCC3)cc1. The van der Waals surface area contributed by atoms with Gasteiger partial charge >= 0.3 is 5.97 Å². The number of nitrogens with zero attached hydrogens (tertiary/aromatic N) is 1. The second-order valence-electron chi connectivity index (χ2n) is 9.22. The van der Waals surface area contributed by atoms with E-state index >= 15 is 0 Å². The average Bonchev–Trinajstić information content (AvgIpc) is 2.92. The van der Waals surface area contributed by atoms with Gasteiger partial charge in [-0.2, -0.15) is 0 Å². The number of carbonyl (C=O) groups excluding carboxylic acids is 2. The Bertz CT molecular complexity index is 1790. The van der Waals surface area contributed by atoms with Crippen LogP contribution in [0.25, 0.3) is 22.6 Å². The summed E-state index contributed by atoms with van der Waals surface area (Å²) in [6.45, 7) is -0.535. The van der Waals surface area contributed by atoms with Crippen LogP contribution in [0.15, 0.2) is 71.6 Å². The third kappa shape index (κ3) is 6.03. The molecule has 40 heavy (non-hydrogen) atoms. The van der Waals surface area contributed by atoms with Gasteiger partial charge < -0.3 is 10.1 Å². The zero-order valence-electron chi connectivity index (χ0n) is 21.0. The van der Waals surface area contributed by atoms with Gasteiger partial charge in [0, 0.05) is 11.1 Å². The van der Waals surface area contributed by atoms with Crippen LogP contribution in [-0.2, 0) is 26.0 Å². The fourth-order valence-corrected chi connectivity index (χ4v) is 5.46. The fourth-order valence-electron chi connectivity index (χ4n) is 4.64. The first-order valence-electron chi connectivity index (χ1n) is 12.3. The summed E-state index contributed by atoms with van der Waals surface area (Å²) < 4.78 is 28.3. The Morgan fingerprint density at radius 3 is 2.48 bits per heavy atom. The van der Waals surface area contributed by atoms with Gasteiger partial charge in [0.25, 0.3) is 5.91 Å². The van der Waals surface area contributed by atoms with Crippen LogP contribution in [0.1, 0.15) is 40.0 Å². The summed E-state index contributed by atoms with van der Waals surface area (Å²) in [6, 6.07) is 18.0. The number of rotatable bonds is 6. The van der Waals surface area contributed by atoms with E-state index in [1.807, 2.05) is 36.4 Å². The minimum atomic E-state index is -3.85. The minimum absolute atomic E-state index is 0.0844. The molecule has 0 radical (unpaired) electrons. The highest BCUT2D eigenvalue weighted by atomic mass is 35.5. The van der Waals surface area contributed by atoms with E-state index < -0.39 is 28.5 Å². The first kappa shape index (κ1) is 27.8. The maximum Gasteiger partial charge on any atom is 0.339 e. The van der Waals surface area contributed by atoms with Gasteiger partial charge in [0.15, 0.2) is 6.61 Å². The number of hydrogen-bond donors (Lipinski definition) is 2. The summed E-state index contributed by atoms with van der Waals surface area (Å²) in [4.78, 5) is 30.7. The maximum atomic E-state index is 13.4. The first-order chi connectivity index (χ1) is 19.1. The van der Waals surface area contributed by atoms with Crippen molar-refractivity contribution in [1.82, 2.24) is 4.98 Å². The number of allylic oxidation sites excluding steroid dienone is 1. The number of pyridine rings is 1. The summed E-state index contributed by atoms with van der Waals surface area (Å²) in [5, 5.41) is 9.23. The van der Waals surface area contributed by atoms with E-state index in [2.05, 4.69) is 5.32 Å². The number of carbonyl (C=O) groups is 2. The van der Waals surface area contributed by atoms with Gasteiger partial charge in [0.05, 0.1) is 31.7 Å². The van der Waals surface area contributed by atoms with Crippen molar-refractivity contribution in [2.45, 2.75) is 24.2 Å². The zero-order valence-corrected chi connectivity index (χ0v) is 23.3. The highest BCUT2D eigenvalue weighted by molar-refractivity contribution is 7.89. The molecule has 0 bridgehead atoms. The summed E-state index contributed by atoms with van der Waals surface area (Å²) in [7, 11) is -3.85. The summed E-state index contributed by atoms with van der Waals surface area (Å²) in [5.41, 5.74) is 4.64. The highest BCUT2D eigenvalue weighted by Crippen LogP contribution is 2.37. The van der Waals surface area contributed by atoms with Crippen molar-refractivity contribution in [3.63, 3.8) is 0 Å². The van der Waals surface area contributed by atoms with E-state index in [0.717, 1.165) is 29.5 Å². The Hall–Kier alpha value is -3.76. The van der Waals surface area contributed by atoms with Crippen molar-refractivity contribution in [2.75, 3.05) is 11.9 Å². The van der Waals surface area contributed by atoms with Crippen molar-refractivity contribution in [3.8, 4) is 0 Å². The number of nitrogens with one attached hydrogen (secondary N) is 1. The molecule has 0 saturated heterocycles. The number of primary sulfonamides is 1. The number of benzene rings is 3. The lowest BCUT2D eigenvalue weighted by Crippen LogP contribution is -2.22. The number of halogens is 2. The Labute approximate surface area is 240 Å². The lowest BCUT2D eigenvalue weighted by Gasteiger charge is -2.22. The topological polar surface area (TPSA) is 128 Å². The van der Waals surface area contributed by atoms with E-state index in [1.165, 1.54) is 24.3 Å². The van der Waals surface area contributed by atoms with Crippen LogP contribution in [-0.4, -0.2) is 31.9 Å². The number of amides is 1. The molecule has 3 N–H and O–H groups in total. The lowest BCUT2D eigenvalue weighted by atomic mass is 9.86. The Morgan fingerprint density at radius 2 is 1.75 bits per heavy atom. The minimum Gasteiger partial charge on any atom is -0.452 e. The number of sulfonamides is 1. The molecule has 8 nitrogen and oxygen atoms in total. The molecule has 3 aromatic carbocycles. The fraction of sp³-hybridized carbons (Fsp3) is 0.138. The van der Waals surface area contributed by atoms with E-state index in [-0.39, 0.29) is 4.90 Å². The van der Waals surface area contributed by atoms with E-state index in [9.17, 15) is 18.0 Å². The quantitative estimate of drug-likeness (QED) is 0.268. The van der Waals surface area contributed by atoms with E-state index in [1.54, 1.807) is 12.1 Å². The molecule has 5 rings (SSSR count).